The van der Waals surface area contributed by atoms with Gasteiger partial charge in [-0.1, -0.05) is 12.1 Å². The Labute approximate surface area is 146 Å². The van der Waals surface area contributed by atoms with Crippen molar-refractivity contribution in [2.24, 2.45) is 0 Å². The van der Waals surface area contributed by atoms with Crippen LogP contribution in [-0.2, 0) is 12.8 Å². The van der Waals surface area contributed by atoms with Crippen LogP contribution in [0.4, 0.5) is 5.69 Å². The van der Waals surface area contributed by atoms with Gasteiger partial charge in [-0.25, -0.2) is 0 Å². The van der Waals surface area contributed by atoms with Gasteiger partial charge in [0.15, 0.2) is 0 Å². The number of carbonyl (C=O) groups is 1. The molecule has 25 heavy (non-hydrogen) atoms. The van der Waals surface area contributed by atoms with Gasteiger partial charge in [-0.2, -0.15) is 0 Å². The minimum absolute atomic E-state index is 0.0852. The zero-order valence-electron chi connectivity index (χ0n) is 14.3. The van der Waals surface area contributed by atoms with Gasteiger partial charge < -0.3 is 9.73 Å². The van der Waals surface area contributed by atoms with E-state index in [2.05, 4.69) is 21.6 Å². The molecule has 1 N–H and O–H groups in total. The molecule has 0 bridgehead atoms. The Bertz CT molecular complexity index is 946. The molecule has 0 saturated heterocycles. The van der Waals surface area contributed by atoms with Gasteiger partial charge in [-0.15, -0.1) is 10.2 Å². The Hall–Kier alpha value is -2.95. The molecule has 1 amide bonds. The number of aromatic nitrogens is 2. The second-order valence-corrected chi connectivity index (χ2v) is 6.41. The van der Waals surface area contributed by atoms with E-state index in [1.165, 1.54) is 23.9 Å². The zero-order valence-corrected chi connectivity index (χ0v) is 14.3. The molecule has 4 rings (SSSR count). The Morgan fingerprint density at radius 2 is 2.00 bits per heavy atom. The fourth-order valence-electron chi connectivity index (χ4n) is 3.58. The Kier molecular flexibility index (Phi) is 3.84. The van der Waals surface area contributed by atoms with Gasteiger partial charge in [-0.3, -0.25) is 4.79 Å². The van der Waals surface area contributed by atoms with Crippen LogP contribution >= 0.6 is 0 Å². The fraction of sp³-hybridized carbons (Fsp3) is 0.250. The molecule has 1 aromatic heterocycles. The SMILES string of the molecule is Cc1c(NC(=O)c2ccc3c(c2C)CCC3)cccc1-c1nnco1. The summed E-state index contributed by atoms with van der Waals surface area (Å²) in [6.45, 7) is 3.98. The molecular weight excluding hydrogens is 314 g/mol. The van der Waals surface area contributed by atoms with Crippen molar-refractivity contribution in [1.29, 1.82) is 0 Å². The van der Waals surface area contributed by atoms with Crippen molar-refractivity contribution in [3.05, 3.63) is 64.5 Å². The summed E-state index contributed by atoms with van der Waals surface area (Å²) in [6.07, 6.45) is 4.65. The predicted octanol–water partition coefficient (Wildman–Crippen LogP) is 4.09. The van der Waals surface area contributed by atoms with Crippen molar-refractivity contribution in [2.45, 2.75) is 33.1 Å². The standard InChI is InChI=1S/C20H19N3O2/c1-12-15-6-3-5-14(15)9-10-16(12)19(24)22-18-8-4-7-17(13(18)2)20-23-21-11-25-20/h4,7-11H,3,5-6H2,1-2H3,(H,22,24). The zero-order chi connectivity index (χ0) is 17.4. The van der Waals surface area contributed by atoms with Crippen LogP contribution in [0.1, 0.15) is 39.0 Å². The first kappa shape index (κ1) is 15.6. The average Bonchev–Trinajstić information content (AvgIpc) is 3.28. The summed E-state index contributed by atoms with van der Waals surface area (Å²) in [5.41, 5.74) is 7.02. The van der Waals surface area contributed by atoms with Crippen molar-refractivity contribution in [3.8, 4) is 11.5 Å². The summed E-state index contributed by atoms with van der Waals surface area (Å²) in [6, 6.07) is 9.69. The van der Waals surface area contributed by atoms with Gasteiger partial charge in [0.2, 0.25) is 12.3 Å². The lowest BCUT2D eigenvalue weighted by atomic mass is 9.98. The van der Waals surface area contributed by atoms with Crippen LogP contribution in [0.3, 0.4) is 0 Å². The fourth-order valence-corrected chi connectivity index (χ4v) is 3.58. The Morgan fingerprint density at radius 1 is 1.12 bits per heavy atom. The maximum absolute atomic E-state index is 12.8. The maximum atomic E-state index is 12.8. The molecule has 0 fully saturated rings. The first-order valence-electron chi connectivity index (χ1n) is 8.44. The number of benzene rings is 2. The summed E-state index contributed by atoms with van der Waals surface area (Å²) in [7, 11) is 0. The molecule has 1 heterocycles. The van der Waals surface area contributed by atoms with E-state index in [9.17, 15) is 4.79 Å². The predicted molar refractivity (Wildman–Crippen MR) is 95.6 cm³/mol. The van der Waals surface area contributed by atoms with E-state index in [0.29, 0.717) is 5.89 Å². The van der Waals surface area contributed by atoms with Crippen molar-refractivity contribution in [3.63, 3.8) is 0 Å². The number of amides is 1. The number of anilines is 1. The molecule has 126 valence electrons. The molecule has 1 aliphatic carbocycles. The van der Waals surface area contributed by atoms with Crippen molar-refractivity contribution >= 4 is 11.6 Å². The first-order chi connectivity index (χ1) is 12.1. The minimum Gasteiger partial charge on any atom is -0.423 e. The third kappa shape index (κ3) is 2.71. The monoisotopic (exact) mass is 333 g/mol. The number of hydrogen-bond acceptors (Lipinski definition) is 4. The molecule has 0 spiro atoms. The van der Waals surface area contributed by atoms with Crippen LogP contribution < -0.4 is 5.32 Å². The van der Waals surface area contributed by atoms with E-state index in [4.69, 9.17) is 4.42 Å². The maximum Gasteiger partial charge on any atom is 0.255 e. The van der Waals surface area contributed by atoms with E-state index in [-0.39, 0.29) is 5.91 Å². The molecule has 5 heteroatoms. The van der Waals surface area contributed by atoms with Crippen LogP contribution in [0.2, 0.25) is 0 Å². The Morgan fingerprint density at radius 3 is 2.80 bits per heavy atom. The molecule has 3 aromatic rings. The third-order valence-electron chi connectivity index (χ3n) is 4.99. The lowest BCUT2D eigenvalue weighted by molar-refractivity contribution is 0.102. The third-order valence-corrected chi connectivity index (χ3v) is 4.99. The van der Waals surface area contributed by atoms with Crippen molar-refractivity contribution < 1.29 is 9.21 Å². The molecule has 0 aliphatic heterocycles. The normalized spacial score (nSPS) is 12.9. The largest absolute Gasteiger partial charge is 0.423 e. The van der Waals surface area contributed by atoms with Gasteiger partial charge in [0.25, 0.3) is 5.91 Å². The summed E-state index contributed by atoms with van der Waals surface area (Å²) in [4.78, 5) is 12.8. The van der Waals surface area contributed by atoms with Crippen LogP contribution in [0, 0.1) is 13.8 Å². The highest BCUT2D eigenvalue weighted by Crippen LogP contribution is 2.30. The highest BCUT2D eigenvalue weighted by molar-refractivity contribution is 6.06. The van der Waals surface area contributed by atoms with Gasteiger partial charge in [0, 0.05) is 16.8 Å². The van der Waals surface area contributed by atoms with Crippen molar-refractivity contribution in [1.82, 2.24) is 10.2 Å². The van der Waals surface area contributed by atoms with E-state index in [1.54, 1.807) is 0 Å². The first-order valence-corrected chi connectivity index (χ1v) is 8.44. The summed E-state index contributed by atoms with van der Waals surface area (Å²) in [5, 5.41) is 10.7. The molecule has 0 radical (unpaired) electrons. The smallest absolute Gasteiger partial charge is 0.255 e. The minimum atomic E-state index is -0.0852. The van der Waals surface area contributed by atoms with E-state index in [1.807, 2.05) is 38.1 Å². The highest BCUT2D eigenvalue weighted by Gasteiger charge is 2.19. The molecule has 0 atom stereocenters. The number of fused-ring (bicyclic) bond motifs is 1. The van der Waals surface area contributed by atoms with E-state index < -0.39 is 0 Å². The lowest BCUT2D eigenvalue weighted by Gasteiger charge is -2.14. The van der Waals surface area contributed by atoms with Gasteiger partial charge in [0.05, 0.1) is 0 Å². The van der Waals surface area contributed by atoms with Crippen molar-refractivity contribution in [2.75, 3.05) is 5.32 Å². The van der Waals surface area contributed by atoms with E-state index in [0.717, 1.165) is 40.8 Å². The van der Waals surface area contributed by atoms with Crippen LogP contribution in [-0.4, -0.2) is 16.1 Å². The highest BCUT2D eigenvalue weighted by atomic mass is 16.4. The quantitative estimate of drug-likeness (QED) is 0.784. The second kappa shape index (κ2) is 6.16. The van der Waals surface area contributed by atoms with Gasteiger partial charge in [0.1, 0.15) is 0 Å². The molecule has 2 aromatic carbocycles. The van der Waals surface area contributed by atoms with Gasteiger partial charge >= 0.3 is 0 Å². The number of nitrogens with one attached hydrogen (secondary N) is 1. The molecule has 0 saturated carbocycles. The molecule has 1 aliphatic rings. The second-order valence-electron chi connectivity index (χ2n) is 6.41. The number of carbonyl (C=O) groups excluding carboxylic acids is 1. The van der Waals surface area contributed by atoms with Crippen LogP contribution in [0.25, 0.3) is 11.5 Å². The molecule has 5 nitrogen and oxygen atoms in total. The van der Waals surface area contributed by atoms with Crippen LogP contribution in [0.5, 0.6) is 0 Å². The molecule has 0 unspecified atom stereocenters. The summed E-state index contributed by atoms with van der Waals surface area (Å²) in [5.74, 6) is 0.361. The van der Waals surface area contributed by atoms with Crippen LogP contribution in [0.15, 0.2) is 41.1 Å². The number of rotatable bonds is 3. The molecular formula is C20H19N3O2. The Balaban J connectivity index is 1.65. The lowest BCUT2D eigenvalue weighted by Crippen LogP contribution is -2.15. The number of nitrogens with zero attached hydrogens (tertiary/aromatic N) is 2. The average molecular weight is 333 g/mol. The topological polar surface area (TPSA) is 68.0 Å². The summed E-state index contributed by atoms with van der Waals surface area (Å²) >= 11 is 0. The number of hydrogen-bond donors (Lipinski definition) is 1. The van der Waals surface area contributed by atoms with Gasteiger partial charge in [-0.05, 0) is 73.6 Å². The number of aryl methyl sites for hydroxylation is 1. The van der Waals surface area contributed by atoms with E-state index >= 15 is 0 Å². The summed E-state index contributed by atoms with van der Waals surface area (Å²) < 4.78 is 5.28.